The Hall–Kier alpha value is -2.63. The maximum absolute atomic E-state index is 13.4. The summed E-state index contributed by atoms with van der Waals surface area (Å²) in [6.07, 6.45) is 3.77. The third kappa shape index (κ3) is 2.51. The van der Waals surface area contributed by atoms with Crippen molar-refractivity contribution in [3.63, 3.8) is 0 Å². The van der Waals surface area contributed by atoms with Crippen molar-refractivity contribution < 1.29 is 28.6 Å². The molecule has 0 bridgehead atoms. The molecule has 3 aliphatic rings. The molecule has 29 heavy (non-hydrogen) atoms. The summed E-state index contributed by atoms with van der Waals surface area (Å²) in [6.45, 7) is 5.42. The van der Waals surface area contributed by atoms with E-state index in [-0.39, 0.29) is 24.0 Å². The van der Waals surface area contributed by atoms with E-state index in [1.807, 2.05) is 18.2 Å². The molecule has 154 valence electrons. The summed E-state index contributed by atoms with van der Waals surface area (Å²) in [5, 5.41) is 0. The zero-order valence-electron chi connectivity index (χ0n) is 17.0. The molecule has 0 amide bonds. The summed E-state index contributed by atoms with van der Waals surface area (Å²) in [6, 6.07) is 5.65. The van der Waals surface area contributed by atoms with Crippen molar-refractivity contribution in [3.05, 3.63) is 42.0 Å². The molecule has 1 unspecified atom stereocenters. The van der Waals surface area contributed by atoms with Gasteiger partial charge in [-0.3, -0.25) is 14.4 Å². The van der Waals surface area contributed by atoms with E-state index in [0.29, 0.717) is 19.3 Å². The number of Topliss-reactive ketones (excluding diaryl/α,β-unsaturated/α-hetero) is 1. The van der Waals surface area contributed by atoms with Crippen LogP contribution in [0.5, 0.6) is 5.75 Å². The molecule has 1 saturated carbocycles. The number of hydrogen-bond acceptors (Lipinski definition) is 6. The van der Waals surface area contributed by atoms with E-state index in [1.165, 1.54) is 14.0 Å². The van der Waals surface area contributed by atoms with Gasteiger partial charge in [-0.25, -0.2) is 0 Å². The third-order valence-corrected chi connectivity index (χ3v) is 7.26. The average Bonchev–Trinajstić information content (AvgIpc) is 3.19. The van der Waals surface area contributed by atoms with Gasteiger partial charge in [0.15, 0.2) is 5.41 Å². The molecule has 5 atom stereocenters. The lowest BCUT2D eigenvalue weighted by Crippen LogP contribution is -2.48. The Kier molecular flexibility index (Phi) is 4.56. The van der Waals surface area contributed by atoms with Crippen LogP contribution < -0.4 is 4.74 Å². The minimum absolute atomic E-state index is 0.0263. The molecule has 2 aliphatic carbocycles. The van der Waals surface area contributed by atoms with Crippen molar-refractivity contribution in [3.8, 4) is 5.75 Å². The molecule has 0 radical (unpaired) electrons. The Morgan fingerprint density at radius 1 is 1.28 bits per heavy atom. The summed E-state index contributed by atoms with van der Waals surface area (Å²) in [5.74, 6) is -1.42. The van der Waals surface area contributed by atoms with Crippen LogP contribution in [-0.2, 0) is 30.3 Å². The second kappa shape index (κ2) is 6.71. The Balaban J connectivity index is 1.80. The van der Waals surface area contributed by atoms with Crippen LogP contribution in [-0.4, -0.2) is 37.5 Å². The molecule has 1 aromatic rings. The van der Waals surface area contributed by atoms with Crippen LogP contribution in [0.1, 0.15) is 43.2 Å². The first-order valence-corrected chi connectivity index (χ1v) is 9.95. The highest BCUT2D eigenvalue weighted by Gasteiger charge is 2.71. The molecule has 1 aliphatic heterocycles. The van der Waals surface area contributed by atoms with Gasteiger partial charge < -0.3 is 14.2 Å². The maximum atomic E-state index is 13.4. The van der Waals surface area contributed by atoms with E-state index >= 15 is 0 Å². The first kappa shape index (κ1) is 19.7. The number of hydrogen-bond donors (Lipinski definition) is 0. The van der Waals surface area contributed by atoms with E-state index < -0.39 is 28.9 Å². The van der Waals surface area contributed by atoms with Gasteiger partial charge in [0.2, 0.25) is 0 Å². The topological polar surface area (TPSA) is 78.9 Å². The van der Waals surface area contributed by atoms with Crippen LogP contribution in [0.15, 0.2) is 30.9 Å². The zero-order valence-corrected chi connectivity index (χ0v) is 17.0. The molecule has 0 aromatic heterocycles. The number of fused-ring (bicyclic) bond motifs is 1. The summed E-state index contributed by atoms with van der Waals surface area (Å²) < 4.78 is 16.4. The fourth-order valence-corrected chi connectivity index (χ4v) is 5.78. The summed E-state index contributed by atoms with van der Waals surface area (Å²) in [5.41, 5.74) is -0.504. The summed E-state index contributed by atoms with van der Waals surface area (Å²) >= 11 is 0. The first-order valence-electron chi connectivity index (χ1n) is 9.95. The third-order valence-electron chi connectivity index (χ3n) is 7.26. The van der Waals surface area contributed by atoms with Crippen LogP contribution >= 0.6 is 0 Å². The molecule has 1 aromatic carbocycles. The van der Waals surface area contributed by atoms with Crippen LogP contribution in [0.25, 0.3) is 0 Å². The molecule has 6 nitrogen and oxygen atoms in total. The van der Waals surface area contributed by atoms with Crippen LogP contribution in [0.3, 0.4) is 0 Å². The van der Waals surface area contributed by atoms with Gasteiger partial charge in [0.05, 0.1) is 20.1 Å². The van der Waals surface area contributed by atoms with Crippen LogP contribution in [0, 0.1) is 17.3 Å². The summed E-state index contributed by atoms with van der Waals surface area (Å²) in [7, 11) is 2.89. The molecule has 1 heterocycles. The lowest BCUT2D eigenvalue weighted by atomic mass is 9.58. The minimum atomic E-state index is -1.45. The quantitative estimate of drug-likeness (QED) is 0.431. The lowest BCUT2D eigenvalue weighted by molar-refractivity contribution is -0.168. The number of benzene rings is 1. The standard InChI is InChI=1S/C23H26O6/c1-5-15-6-9-18(13(2)24)23(15)12-22(20(25)28-4,21(26)29-23)19-11-14-10-16(27-3)7-8-17(14)19/h5,7-8,10,15,18-19H,1,6,9,11-12H2,2-4H3/t15-,18+,19?,22-,23+/m1/s1. The van der Waals surface area contributed by atoms with Crippen molar-refractivity contribution >= 4 is 17.7 Å². The van der Waals surface area contributed by atoms with Gasteiger partial charge in [-0.2, -0.15) is 0 Å². The average molecular weight is 398 g/mol. The second-order valence-corrected chi connectivity index (χ2v) is 8.39. The molecule has 4 rings (SSSR count). The van der Waals surface area contributed by atoms with Crippen molar-refractivity contribution in [1.82, 2.24) is 0 Å². The largest absolute Gasteiger partial charge is 0.497 e. The monoisotopic (exact) mass is 398 g/mol. The predicted octanol–water partition coefficient (Wildman–Crippen LogP) is 2.98. The number of carbonyl (C=O) groups excluding carboxylic acids is 3. The molecule has 0 N–H and O–H groups in total. The molecular weight excluding hydrogens is 372 g/mol. The molecule has 1 saturated heterocycles. The van der Waals surface area contributed by atoms with Crippen molar-refractivity contribution in [2.75, 3.05) is 14.2 Å². The maximum Gasteiger partial charge on any atom is 0.324 e. The Labute approximate surface area is 170 Å². The number of carbonyl (C=O) groups is 3. The predicted molar refractivity (Wildman–Crippen MR) is 104 cm³/mol. The Bertz CT molecular complexity index is 905. The normalized spacial score (nSPS) is 34.9. The SMILES string of the molecule is C=C[C@@H]1CC[C@@H](C(C)=O)[C@]12C[C@](C(=O)OC)(C1Cc3cc(OC)ccc31)C(=O)O2. The first-order chi connectivity index (χ1) is 13.8. The van der Waals surface area contributed by atoms with Gasteiger partial charge in [0.1, 0.15) is 17.1 Å². The van der Waals surface area contributed by atoms with Crippen LogP contribution in [0.4, 0.5) is 0 Å². The molecule has 2 fully saturated rings. The van der Waals surface area contributed by atoms with Gasteiger partial charge in [-0.1, -0.05) is 12.1 Å². The van der Waals surface area contributed by atoms with Crippen molar-refractivity contribution in [2.24, 2.45) is 17.3 Å². The molecule has 6 heteroatoms. The summed E-state index contributed by atoms with van der Waals surface area (Å²) in [4.78, 5) is 38.8. The van der Waals surface area contributed by atoms with Gasteiger partial charge in [-0.15, -0.1) is 6.58 Å². The number of ether oxygens (including phenoxy) is 3. The van der Waals surface area contributed by atoms with Crippen LogP contribution in [0.2, 0.25) is 0 Å². The fourth-order valence-electron chi connectivity index (χ4n) is 5.78. The second-order valence-electron chi connectivity index (χ2n) is 8.39. The van der Waals surface area contributed by atoms with Crippen molar-refractivity contribution in [1.29, 1.82) is 0 Å². The van der Waals surface area contributed by atoms with E-state index in [2.05, 4.69) is 6.58 Å². The van der Waals surface area contributed by atoms with Gasteiger partial charge in [-0.05, 0) is 49.4 Å². The number of methoxy groups -OCH3 is 2. The van der Waals surface area contributed by atoms with Crippen molar-refractivity contribution in [2.45, 2.75) is 44.1 Å². The van der Waals surface area contributed by atoms with E-state index in [0.717, 1.165) is 16.9 Å². The highest BCUT2D eigenvalue weighted by molar-refractivity contribution is 6.04. The Morgan fingerprint density at radius 2 is 2.03 bits per heavy atom. The zero-order chi connectivity index (χ0) is 21.0. The number of esters is 2. The molecule has 1 spiro atoms. The van der Waals surface area contributed by atoms with E-state index in [1.54, 1.807) is 13.2 Å². The highest BCUT2D eigenvalue weighted by Crippen LogP contribution is 2.62. The van der Waals surface area contributed by atoms with Gasteiger partial charge in [0, 0.05) is 18.3 Å². The Morgan fingerprint density at radius 3 is 2.62 bits per heavy atom. The fraction of sp³-hybridized carbons (Fsp3) is 0.522. The van der Waals surface area contributed by atoms with Gasteiger partial charge in [0.25, 0.3) is 0 Å². The minimum Gasteiger partial charge on any atom is -0.497 e. The number of ketones is 1. The number of rotatable bonds is 5. The smallest absolute Gasteiger partial charge is 0.324 e. The lowest BCUT2D eigenvalue weighted by Gasteiger charge is -2.41. The van der Waals surface area contributed by atoms with E-state index in [4.69, 9.17) is 14.2 Å². The van der Waals surface area contributed by atoms with Gasteiger partial charge >= 0.3 is 11.9 Å². The van der Waals surface area contributed by atoms with E-state index in [9.17, 15) is 14.4 Å². The highest BCUT2D eigenvalue weighted by atomic mass is 16.6. The molecular formula is C23H26O6.